The maximum atomic E-state index is 14.2. The molecule has 0 aromatic heterocycles. The Morgan fingerprint density at radius 3 is 1.42 bits per heavy atom. The third-order valence-electron chi connectivity index (χ3n) is 5.55. The number of nitrogens with zero attached hydrogens (tertiary/aromatic N) is 1. The summed E-state index contributed by atoms with van der Waals surface area (Å²) in [4.78, 5) is 26.6. The molecule has 0 aliphatic heterocycles. The molecule has 2 aromatic rings. The number of hydrogen-bond acceptors (Lipinski definition) is 2. The van der Waals surface area contributed by atoms with Gasteiger partial charge in [0, 0.05) is 18.7 Å². The molecular formula is C26H31F4NO2. The lowest BCUT2D eigenvalue weighted by molar-refractivity contribution is 0.0608. The molecule has 0 unspecified atom stereocenters. The fourth-order valence-corrected chi connectivity index (χ4v) is 3.67. The summed E-state index contributed by atoms with van der Waals surface area (Å²) in [6.07, 6.45) is 10.4. The average Bonchev–Trinajstić information content (AvgIpc) is 2.77. The van der Waals surface area contributed by atoms with E-state index in [4.69, 9.17) is 0 Å². The highest BCUT2D eigenvalue weighted by atomic mass is 19.1. The molecule has 0 fully saturated rings. The zero-order valence-corrected chi connectivity index (χ0v) is 19.0. The quantitative estimate of drug-likeness (QED) is 0.175. The molecule has 0 atom stereocenters. The van der Waals surface area contributed by atoms with E-state index in [1.54, 1.807) is 0 Å². The molecule has 7 heteroatoms. The van der Waals surface area contributed by atoms with E-state index in [9.17, 15) is 27.2 Å². The van der Waals surface area contributed by atoms with Crippen LogP contribution in [0, 0.1) is 23.3 Å². The Labute approximate surface area is 192 Å². The van der Waals surface area contributed by atoms with Crippen LogP contribution in [0.3, 0.4) is 0 Å². The van der Waals surface area contributed by atoms with Crippen LogP contribution in [0.5, 0.6) is 0 Å². The van der Waals surface area contributed by atoms with Crippen LogP contribution in [0.4, 0.5) is 17.6 Å². The number of unbranched alkanes of at least 4 members (excludes halogenated alkanes) is 9. The number of benzene rings is 2. The van der Waals surface area contributed by atoms with Gasteiger partial charge in [0.05, 0.1) is 11.1 Å². The second kappa shape index (κ2) is 13.8. The zero-order chi connectivity index (χ0) is 24.2. The molecule has 33 heavy (non-hydrogen) atoms. The predicted molar refractivity (Wildman–Crippen MR) is 120 cm³/mol. The summed E-state index contributed by atoms with van der Waals surface area (Å²) in [5.74, 6) is -5.92. The minimum Gasteiger partial charge on any atom is -0.274 e. The Bertz CT molecular complexity index is 869. The van der Waals surface area contributed by atoms with Gasteiger partial charge in [-0.15, -0.1) is 0 Å². The third-order valence-corrected chi connectivity index (χ3v) is 5.55. The summed E-state index contributed by atoms with van der Waals surface area (Å²) in [5.41, 5.74) is -0.973. The fraction of sp³-hybridized carbons (Fsp3) is 0.462. The molecule has 0 spiro atoms. The van der Waals surface area contributed by atoms with Gasteiger partial charge in [0.2, 0.25) is 0 Å². The number of amides is 2. The minimum atomic E-state index is -1.11. The predicted octanol–water partition coefficient (Wildman–Crippen LogP) is 7.45. The number of hydrogen-bond donors (Lipinski definition) is 0. The van der Waals surface area contributed by atoms with E-state index in [-0.39, 0.29) is 6.54 Å². The number of halogens is 4. The number of rotatable bonds is 13. The smallest absolute Gasteiger partial charge is 0.263 e. The minimum absolute atomic E-state index is 0.0538. The largest absolute Gasteiger partial charge is 0.274 e. The Balaban J connectivity index is 2.02. The van der Waals surface area contributed by atoms with Crippen LogP contribution in [0.25, 0.3) is 0 Å². The second-order valence-corrected chi connectivity index (χ2v) is 8.19. The van der Waals surface area contributed by atoms with Gasteiger partial charge in [0.25, 0.3) is 11.8 Å². The number of imide groups is 1. The number of carbonyl (C=O) groups excluding carboxylic acids is 2. The van der Waals surface area contributed by atoms with E-state index in [1.165, 1.54) is 32.1 Å². The fourth-order valence-electron chi connectivity index (χ4n) is 3.67. The number of carbonyl (C=O) groups is 2. The van der Waals surface area contributed by atoms with Crippen molar-refractivity contribution in [1.29, 1.82) is 0 Å². The summed E-state index contributed by atoms with van der Waals surface area (Å²) in [6.45, 7) is 2.12. The van der Waals surface area contributed by atoms with Crippen molar-refractivity contribution < 1.29 is 27.2 Å². The van der Waals surface area contributed by atoms with Crippen molar-refractivity contribution in [1.82, 2.24) is 4.90 Å². The first-order valence-electron chi connectivity index (χ1n) is 11.6. The second-order valence-electron chi connectivity index (χ2n) is 8.19. The summed E-state index contributed by atoms with van der Waals surface area (Å²) in [6, 6.07) is 4.83. The van der Waals surface area contributed by atoms with Crippen molar-refractivity contribution in [2.75, 3.05) is 6.54 Å². The van der Waals surface area contributed by atoms with Gasteiger partial charge in [-0.25, -0.2) is 17.6 Å². The SMILES string of the molecule is CCCCCCCCCCCCN(C(=O)c1ccc(F)cc1F)C(=O)c1ccc(F)cc1F. The maximum Gasteiger partial charge on any atom is 0.263 e. The highest BCUT2D eigenvalue weighted by Crippen LogP contribution is 2.19. The van der Waals surface area contributed by atoms with Gasteiger partial charge in [-0.05, 0) is 30.7 Å². The first kappa shape index (κ1) is 26.6. The summed E-state index contributed by atoms with van der Waals surface area (Å²) in [5, 5.41) is 0. The van der Waals surface area contributed by atoms with Crippen molar-refractivity contribution in [3.05, 3.63) is 70.8 Å². The van der Waals surface area contributed by atoms with Gasteiger partial charge in [-0.1, -0.05) is 64.7 Å². The molecule has 0 saturated heterocycles. The maximum absolute atomic E-state index is 14.2. The lowest BCUT2D eigenvalue weighted by atomic mass is 10.1. The van der Waals surface area contributed by atoms with Crippen LogP contribution in [0.1, 0.15) is 91.8 Å². The topological polar surface area (TPSA) is 37.4 Å². The van der Waals surface area contributed by atoms with Crippen molar-refractivity contribution in [2.45, 2.75) is 71.1 Å². The van der Waals surface area contributed by atoms with Crippen LogP contribution >= 0.6 is 0 Å². The summed E-state index contributed by atoms with van der Waals surface area (Å²) < 4.78 is 54.8. The van der Waals surface area contributed by atoms with Gasteiger partial charge in [-0.2, -0.15) is 0 Å². The highest BCUT2D eigenvalue weighted by molar-refractivity contribution is 6.10. The normalized spacial score (nSPS) is 10.9. The first-order valence-corrected chi connectivity index (χ1v) is 11.6. The van der Waals surface area contributed by atoms with Crippen molar-refractivity contribution in [2.24, 2.45) is 0 Å². The highest BCUT2D eigenvalue weighted by Gasteiger charge is 2.28. The van der Waals surface area contributed by atoms with Crippen molar-refractivity contribution in [3.63, 3.8) is 0 Å². The molecule has 0 radical (unpaired) electrons. The molecule has 2 amide bonds. The average molecular weight is 466 g/mol. The lowest BCUT2D eigenvalue weighted by Crippen LogP contribution is -2.38. The molecule has 0 bridgehead atoms. The Hall–Kier alpha value is -2.70. The lowest BCUT2D eigenvalue weighted by Gasteiger charge is -2.22. The van der Waals surface area contributed by atoms with Crippen LogP contribution in [0.15, 0.2) is 36.4 Å². The molecule has 0 saturated carbocycles. The summed E-state index contributed by atoms with van der Waals surface area (Å²) in [7, 11) is 0. The van der Waals surface area contributed by atoms with Crippen LogP contribution in [-0.4, -0.2) is 23.3 Å². The molecule has 0 aliphatic rings. The van der Waals surface area contributed by atoms with E-state index in [0.29, 0.717) is 18.6 Å². The molecule has 0 aliphatic carbocycles. The van der Waals surface area contributed by atoms with E-state index in [0.717, 1.165) is 54.8 Å². The molecular weight excluding hydrogens is 434 g/mol. The van der Waals surface area contributed by atoms with Crippen molar-refractivity contribution >= 4 is 11.8 Å². The molecule has 0 N–H and O–H groups in total. The van der Waals surface area contributed by atoms with Gasteiger partial charge in [0.15, 0.2) is 0 Å². The molecule has 3 nitrogen and oxygen atoms in total. The Morgan fingerprint density at radius 2 is 1.03 bits per heavy atom. The van der Waals surface area contributed by atoms with Gasteiger partial charge < -0.3 is 0 Å². The molecule has 180 valence electrons. The molecule has 0 heterocycles. The standard InChI is InChI=1S/C26H31F4NO2/c1-2-3-4-5-6-7-8-9-10-11-16-31(25(32)21-14-12-19(27)17-23(21)29)26(33)22-15-13-20(28)18-24(22)30/h12-15,17-18H,2-11,16H2,1H3. The van der Waals surface area contributed by atoms with Crippen LogP contribution in [0.2, 0.25) is 0 Å². The van der Waals surface area contributed by atoms with E-state index < -0.39 is 46.2 Å². The Morgan fingerprint density at radius 1 is 0.636 bits per heavy atom. The van der Waals surface area contributed by atoms with Gasteiger partial charge in [-0.3, -0.25) is 14.5 Å². The van der Waals surface area contributed by atoms with E-state index >= 15 is 0 Å². The molecule has 2 aromatic carbocycles. The van der Waals surface area contributed by atoms with Crippen LogP contribution < -0.4 is 0 Å². The third kappa shape index (κ3) is 8.30. The summed E-state index contributed by atoms with van der Waals surface area (Å²) >= 11 is 0. The van der Waals surface area contributed by atoms with Crippen molar-refractivity contribution in [3.8, 4) is 0 Å². The zero-order valence-electron chi connectivity index (χ0n) is 19.0. The first-order chi connectivity index (χ1) is 15.8. The van der Waals surface area contributed by atoms with E-state index in [1.807, 2.05) is 0 Å². The monoisotopic (exact) mass is 465 g/mol. The van der Waals surface area contributed by atoms with E-state index in [2.05, 4.69) is 6.92 Å². The molecule has 2 rings (SSSR count). The van der Waals surface area contributed by atoms with Gasteiger partial charge >= 0.3 is 0 Å². The Kier molecular flexibility index (Phi) is 11.1. The van der Waals surface area contributed by atoms with Gasteiger partial charge in [0.1, 0.15) is 23.3 Å². The van der Waals surface area contributed by atoms with Crippen LogP contribution in [-0.2, 0) is 0 Å².